The average Bonchev–Trinajstić information content (AvgIpc) is 3.29. The van der Waals surface area contributed by atoms with Gasteiger partial charge in [0, 0.05) is 17.3 Å². The molecule has 5 rings (SSSR count). The maximum atomic E-state index is 13.5. The SMILES string of the molecule is N=c1c(S(=O)(=O)c2ccc(Br)cc2)cc2c(=O)n3ccccc3nc2n1C[C@H]1CCCO1. The monoisotopic (exact) mass is 514 g/mol. The summed E-state index contributed by atoms with van der Waals surface area (Å²) in [4.78, 5) is 17.7. The lowest BCUT2D eigenvalue weighted by molar-refractivity contribution is 0.0965. The number of halogens is 1. The fourth-order valence-corrected chi connectivity index (χ4v) is 5.63. The largest absolute Gasteiger partial charge is 0.376 e. The van der Waals surface area contributed by atoms with Crippen LogP contribution in [0.2, 0.25) is 0 Å². The first-order chi connectivity index (χ1) is 15.4. The zero-order chi connectivity index (χ0) is 22.5. The number of aromatic nitrogens is 3. The van der Waals surface area contributed by atoms with Gasteiger partial charge >= 0.3 is 0 Å². The fraction of sp³-hybridized carbons (Fsp3) is 0.227. The lowest BCUT2D eigenvalue weighted by Gasteiger charge is -2.17. The fourth-order valence-electron chi connectivity index (χ4n) is 3.98. The van der Waals surface area contributed by atoms with Gasteiger partial charge in [-0.15, -0.1) is 0 Å². The van der Waals surface area contributed by atoms with Crippen LogP contribution in [0.1, 0.15) is 12.8 Å². The average molecular weight is 515 g/mol. The molecule has 1 aromatic carbocycles. The van der Waals surface area contributed by atoms with Crippen molar-refractivity contribution in [3.63, 3.8) is 0 Å². The van der Waals surface area contributed by atoms with E-state index in [0.717, 1.165) is 17.3 Å². The topological polar surface area (TPSA) is 107 Å². The second-order valence-electron chi connectivity index (χ2n) is 7.64. The summed E-state index contributed by atoms with van der Waals surface area (Å²) in [6.07, 6.45) is 3.11. The van der Waals surface area contributed by atoms with Gasteiger partial charge in [0.15, 0.2) is 0 Å². The lowest BCUT2D eigenvalue weighted by atomic mass is 10.2. The van der Waals surface area contributed by atoms with E-state index < -0.39 is 9.84 Å². The third kappa shape index (κ3) is 3.48. The third-order valence-electron chi connectivity index (χ3n) is 5.61. The molecule has 3 aromatic heterocycles. The molecule has 0 amide bonds. The van der Waals surface area contributed by atoms with E-state index in [4.69, 9.17) is 10.1 Å². The van der Waals surface area contributed by atoms with Crippen molar-refractivity contribution in [1.29, 1.82) is 5.41 Å². The minimum atomic E-state index is -4.05. The van der Waals surface area contributed by atoms with Crippen molar-refractivity contribution >= 4 is 42.4 Å². The molecule has 4 aromatic rings. The van der Waals surface area contributed by atoms with Crippen LogP contribution >= 0.6 is 15.9 Å². The molecule has 32 heavy (non-hydrogen) atoms. The number of fused-ring (bicyclic) bond motifs is 2. The first kappa shape index (κ1) is 21.0. The molecule has 0 aliphatic carbocycles. The van der Waals surface area contributed by atoms with Gasteiger partial charge < -0.3 is 9.30 Å². The highest BCUT2D eigenvalue weighted by Crippen LogP contribution is 2.23. The van der Waals surface area contributed by atoms with E-state index in [1.54, 1.807) is 36.5 Å². The van der Waals surface area contributed by atoms with Crippen molar-refractivity contribution in [2.75, 3.05) is 6.61 Å². The molecule has 0 bridgehead atoms. The number of ether oxygens (including phenoxy) is 1. The Balaban J connectivity index is 1.84. The number of rotatable bonds is 4. The number of sulfone groups is 1. The van der Waals surface area contributed by atoms with Gasteiger partial charge in [-0.25, -0.2) is 13.4 Å². The van der Waals surface area contributed by atoms with Crippen LogP contribution in [0, 0.1) is 5.41 Å². The zero-order valence-electron chi connectivity index (χ0n) is 16.9. The number of hydrogen-bond donors (Lipinski definition) is 1. The Morgan fingerprint density at radius 2 is 1.97 bits per heavy atom. The molecule has 10 heteroatoms. The van der Waals surface area contributed by atoms with E-state index in [1.807, 2.05) is 0 Å². The Morgan fingerprint density at radius 3 is 2.69 bits per heavy atom. The van der Waals surface area contributed by atoms with Crippen LogP contribution in [0.4, 0.5) is 0 Å². The molecule has 1 N–H and O–H groups in total. The molecular weight excluding hydrogens is 496 g/mol. The molecule has 0 spiro atoms. The third-order valence-corrected chi connectivity index (χ3v) is 7.92. The van der Waals surface area contributed by atoms with Crippen LogP contribution < -0.4 is 11.0 Å². The van der Waals surface area contributed by atoms with E-state index in [9.17, 15) is 13.2 Å². The molecular formula is C22H19BrN4O4S. The van der Waals surface area contributed by atoms with Gasteiger partial charge in [-0.2, -0.15) is 0 Å². The number of benzene rings is 1. The molecule has 4 heterocycles. The molecule has 0 radical (unpaired) electrons. The van der Waals surface area contributed by atoms with Crippen molar-refractivity contribution in [3.8, 4) is 0 Å². The normalized spacial score (nSPS) is 16.7. The van der Waals surface area contributed by atoms with E-state index in [1.165, 1.54) is 27.2 Å². The molecule has 1 aliphatic rings. The molecule has 1 fully saturated rings. The maximum Gasteiger partial charge on any atom is 0.267 e. The standard InChI is InChI=1S/C22H19BrN4O4S/c23-14-6-8-16(9-7-14)32(29,30)18-12-17-21(25-19-5-1-2-10-26(19)22(17)28)27(20(18)24)13-15-4-3-11-31-15/h1-2,5-10,12,15,24H,3-4,11,13H2/t15-/m1/s1. The second-order valence-corrected chi connectivity index (χ2v) is 10.5. The molecule has 0 saturated carbocycles. The minimum Gasteiger partial charge on any atom is -0.376 e. The number of nitrogens with zero attached hydrogens (tertiary/aromatic N) is 3. The minimum absolute atomic E-state index is 0.0473. The Bertz CT molecular complexity index is 1570. The summed E-state index contributed by atoms with van der Waals surface area (Å²) in [5, 5.41) is 8.93. The van der Waals surface area contributed by atoms with Gasteiger partial charge in [0.1, 0.15) is 21.7 Å². The van der Waals surface area contributed by atoms with Gasteiger partial charge in [0.2, 0.25) is 9.84 Å². The van der Waals surface area contributed by atoms with Gasteiger partial charge in [-0.05, 0) is 55.3 Å². The molecule has 1 atom stereocenters. The van der Waals surface area contributed by atoms with Crippen LogP contribution in [0.3, 0.4) is 0 Å². The summed E-state index contributed by atoms with van der Waals surface area (Å²) in [6.45, 7) is 0.862. The highest BCUT2D eigenvalue weighted by Gasteiger charge is 2.26. The Morgan fingerprint density at radius 1 is 1.19 bits per heavy atom. The molecule has 164 valence electrons. The second kappa shape index (κ2) is 7.95. The predicted octanol–water partition coefficient (Wildman–Crippen LogP) is 2.90. The predicted molar refractivity (Wildman–Crippen MR) is 121 cm³/mol. The summed E-state index contributed by atoms with van der Waals surface area (Å²) in [5.41, 5.74) is 0.0903. The zero-order valence-corrected chi connectivity index (χ0v) is 19.3. The smallest absolute Gasteiger partial charge is 0.267 e. The highest BCUT2D eigenvalue weighted by molar-refractivity contribution is 9.10. The van der Waals surface area contributed by atoms with Crippen molar-refractivity contribution in [2.24, 2.45) is 0 Å². The van der Waals surface area contributed by atoms with E-state index in [0.29, 0.717) is 12.3 Å². The number of pyridine rings is 2. The van der Waals surface area contributed by atoms with Crippen LogP contribution in [0.25, 0.3) is 16.7 Å². The van der Waals surface area contributed by atoms with E-state index >= 15 is 0 Å². The van der Waals surface area contributed by atoms with E-state index in [2.05, 4.69) is 20.9 Å². The Labute approximate surface area is 191 Å². The lowest BCUT2D eigenvalue weighted by Crippen LogP contribution is -2.33. The quantitative estimate of drug-likeness (QED) is 0.421. The van der Waals surface area contributed by atoms with Crippen molar-refractivity contribution in [2.45, 2.75) is 35.3 Å². The summed E-state index contributed by atoms with van der Waals surface area (Å²) >= 11 is 3.31. The van der Waals surface area contributed by atoms with Gasteiger partial charge in [-0.3, -0.25) is 14.6 Å². The molecule has 1 aliphatic heterocycles. The summed E-state index contributed by atoms with van der Waals surface area (Å²) in [6, 6.07) is 12.7. The van der Waals surface area contributed by atoms with Gasteiger partial charge in [0.25, 0.3) is 5.56 Å². The molecule has 0 unspecified atom stereocenters. The van der Waals surface area contributed by atoms with Gasteiger partial charge in [0.05, 0.1) is 22.9 Å². The first-order valence-corrected chi connectivity index (χ1v) is 12.4. The van der Waals surface area contributed by atoms with Crippen molar-refractivity contribution in [3.05, 3.63) is 75.0 Å². The first-order valence-electron chi connectivity index (χ1n) is 10.1. The van der Waals surface area contributed by atoms with Crippen molar-refractivity contribution in [1.82, 2.24) is 14.0 Å². The summed E-state index contributed by atoms with van der Waals surface area (Å²) in [5.74, 6) is 0. The van der Waals surface area contributed by atoms with Crippen molar-refractivity contribution < 1.29 is 13.2 Å². The Hall–Kier alpha value is -2.82. The molecule has 8 nitrogen and oxygen atoms in total. The summed E-state index contributed by atoms with van der Waals surface area (Å²) in [7, 11) is -4.05. The Kier molecular flexibility index (Phi) is 5.23. The number of hydrogen-bond acceptors (Lipinski definition) is 6. The maximum absolute atomic E-state index is 13.5. The number of nitrogens with one attached hydrogen (secondary N) is 1. The molecule has 1 saturated heterocycles. The van der Waals surface area contributed by atoms with Crippen LogP contribution in [0.5, 0.6) is 0 Å². The highest BCUT2D eigenvalue weighted by atomic mass is 79.9. The van der Waals surface area contributed by atoms with E-state index in [-0.39, 0.29) is 44.5 Å². The van der Waals surface area contributed by atoms with Crippen LogP contribution in [-0.4, -0.2) is 35.1 Å². The summed E-state index contributed by atoms with van der Waals surface area (Å²) < 4.78 is 36.3. The van der Waals surface area contributed by atoms with Crippen LogP contribution in [-0.2, 0) is 21.1 Å². The van der Waals surface area contributed by atoms with Crippen LogP contribution in [0.15, 0.2) is 73.8 Å². The van der Waals surface area contributed by atoms with Gasteiger partial charge in [-0.1, -0.05) is 22.0 Å².